The van der Waals surface area contributed by atoms with Crippen molar-refractivity contribution in [1.82, 2.24) is 10.4 Å². The first-order chi connectivity index (χ1) is 16.7. The van der Waals surface area contributed by atoms with Crippen LogP contribution >= 0.6 is 0 Å². The van der Waals surface area contributed by atoms with Crippen molar-refractivity contribution in [2.45, 2.75) is 129 Å². The summed E-state index contributed by atoms with van der Waals surface area (Å²) in [6, 6.07) is 20.8. The minimum absolute atomic E-state index is 0.264. The Morgan fingerprint density at radius 3 is 1.89 bits per heavy atom. The van der Waals surface area contributed by atoms with Gasteiger partial charge in [-0.1, -0.05) is 82.3 Å². The monoisotopic (exact) mass is 491 g/mol. The summed E-state index contributed by atoms with van der Waals surface area (Å²) in [7, 11) is 0. The van der Waals surface area contributed by atoms with E-state index in [1.807, 2.05) is 0 Å². The van der Waals surface area contributed by atoms with Gasteiger partial charge in [-0.3, -0.25) is 0 Å². The summed E-state index contributed by atoms with van der Waals surface area (Å²) >= 11 is 0. The lowest BCUT2D eigenvalue weighted by molar-refractivity contribution is -0.000394. The Morgan fingerprint density at radius 1 is 0.833 bits per heavy atom. The van der Waals surface area contributed by atoms with Crippen molar-refractivity contribution in [3.63, 3.8) is 0 Å². The number of hydrogen-bond acceptors (Lipinski definition) is 3. The van der Waals surface area contributed by atoms with Gasteiger partial charge < -0.3 is 15.6 Å². The Labute approximate surface area is 221 Å². The molecule has 1 aliphatic rings. The van der Waals surface area contributed by atoms with E-state index in [0.717, 1.165) is 12.8 Å². The van der Waals surface area contributed by atoms with Gasteiger partial charge in [-0.15, -0.1) is 0 Å². The molecule has 2 aromatic rings. The molecule has 3 unspecified atom stereocenters. The van der Waals surface area contributed by atoms with Crippen LogP contribution in [0.5, 0.6) is 0 Å². The van der Waals surface area contributed by atoms with Crippen LogP contribution in [0, 0.1) is 10.6 Å². The molecule has 0 spiro atoms. The van der Waals surface area contributed by atoms with Crippen LogP contribution in [0.3, 0.4) is 0 Å². The Bertz CT molecular complexity index is 929. The van der Waals surface area contributed by atoms with Gasteiger partial charge in [-0.2, -0.15) is 0 Å². The second-order valence-electron chi connectivity index (χ2n) is 13.7. The fourth-order valence-electron chi connectivity index (χ4n) is 6.55. The first-order valence-corrected chi connectivity index (χ1v) is 14.1. The Balaban J connectivity index is 1.54. The van der Waals surface area contributed by atoms with Crippen molar-refractivity contribution in [3.05, 3.63) is 76.5 Å². The van der Waals surface area contributed by atoms with Crippen LogP contribution < -0.4 is 5.32 Å². The fourth-order valence-corrected chi connectivity index (χ4v) is 6.55. The van der Waals surface area contributed by atoms with Crippen LogP contribution in [0.25, 0.3) is 0 Å². The zero-order valence-electron chi connectivity index (χ0n) is 24.4. The summed E-state index contributed by atoms with van der Waals surface area (Å²) < 4.78 is 0. The average Bonchev–Trinajstić information content (AvgIpc) is 2.81. The van der Waals surface area contributed by atoms with Crippen molar-refractivity contribution in [2.24, 2.45) is 5.41 Å². The topological polar surface area (TPSA) is 38.3 Å². The van der Waals surface area contributed by atoms with Crippen LogP contribution in [-0.4, -0.2) is 22.2 Å². The molecule has 0 aliphatic carbocycles. The minimum atomic E-state index is -0.343. The van der Waals surface area contributed by atoms with Crippen LogP contribution in [0.1, 0.15) is 129 Å². The summed E-state index contributed by atoms with van der Waals surface area (Å²) in [5, 5.41) is 17.8. The van der Waals surface area contributed by atoms with E-state index in [1.165, 1.54) is 41.0 Å². The number of nitrogens with one attached hydrogen (secondary N) is 1. The maximum atomic E-state index is 12.7. The highest BCUT2D eigenvalue weighted by molar-refractivity contribution is 5.27. The van der Waals surface area contributed by atoms with Crippen LogP contribution in [0.2, 0.25) is 0 Å². The Hall–Kier alpha value is -1.68. The first-order valence-electron chi connectivity index (χ1n) is 14.1. The molecule has 200 valence electrons. The lowest BCUT2D eigenvalue weighted by atomic mass is 9.76. The van der Waals surface area contributed by atoms with Gasteiger partial charge >= 0.3 is 0 Å². The summed E-state index contributed by atoms with van der Waals surface area (Å²) in [5.74, 6) is 1.14. The number of piperidine rings is 1. The minimum Gasteiger partial charge on any atom is -0.784 e. The number of rotatable bonds is 10. The van der Waals surface area contributed by atoms with Crippen LogP contribution in [-0.2, 0) is 0 Å². The zero-order chi connectivity index (χ0) is 26.7. The van der Waals surface area contributed by atoms with E-state index in [2.05, 4.69) is 122 Å². The highest BCUT2D eigenvalue weighted by Crippen LogP contribution is 2.39. The summed E-state index contributed by atoms with van der Waals surface area (Å²) in [6.45, 7) is 20.1. The number of nitrogens with zero attached hydrogens (tertiary/aromatic N) is 1. The largest absolute Gasteiger partial charge is 0.784 e. The molecular weight excluding hydrogens is 440 g/mol. The summed E-state index contributed by atoms with van der Waals surface area (Å²) in [4.78, 5) is 0. The van der Waals surface area contributed by atoms with Gasteiger partial charge in [0.1, 0.15) is 0 Å². The predicted molar refractivity (Wildman–Crippen MR) is 155 cm³/mol. The van der Waals surface area contributed by atoms with Crippen LogP contribution in [0.15, 0.2) is 54.6 Å². The quantitative estimate of drug-likeness (QED) is 0.360. The molecule has 3 atom stereocenters. The van der Waals surface area contributed by atoms with Crippen molar-refractivity contribution < 1.29 is 0 Å². The molecular formula is C33H51N2O-. The molecule has 2 aromatic carbocycles. The Kier molecular flexibility index (Phi) is 9.13. The molecule has 0 radical (unpaired) electrons. The van der Waals surface area contributed by atoms with E-state index in [9.17, 15) is 5.21 Å². The van der Waals surface area contributed by atoms with Gasteiger partial charge in [0.2, 0.25) is 0 Å². The average molecular weight is 492 g/mol. The number of benzene rings is 2. The number of hydrogen-bond donors (Lipinski definition) is 1. The van der Waals surface area contributed by atoms with Crippen molar-refractivity contribution in [2.75, 3.05) is 0 Å². The molecule has 3 nitrogen and oxygen atoms in total. The lowest BCUT2D eigenvalue weighted by Gasteiger charge is -2.60. The SMILES string of the molecule is CC(CCC(C)(C)CC(C)c1ccc(C(C)NC2CC(C)(C)N([O-])C(C)(C)C2)cc1)c1ccccc1. The maximum absolute atomic E-state index is 12.7. The predicted octanol–water partition coefficient (Wildman–Crippen LogP) is 8.96. The first kappa shape index (κ1) is 28.9. The summed E-state index contributed by atoms with van der Waals surface area (Å²) in [6.07, 6.45) is 5.40. The molecule has 0 aromatic heterocycles. The molecule has 3 heteroatoms. The van der Waals surface area contributed by atoms with E-state index in [-0.39, 0.29) is 17.1 Å². The smallest absolute Gasteiger partial charge is 0.0294 e. The van der Waals surface area contributed by atoms with E-state index in [1.54, 1.807) is 0 Å². The van der Waals surface area contributed by atoms with Crippen molar-refractivity contribution in [1.29, 1.82) is 0 Å². The molecule has 1 heterocycles. The molecule has 3 rings (SSSR count). The molecule has 0 amide bonds. The molecule has 1 fully saturated rings. The van der Waals surface area contributed by atoms with Gasteiger partial charge in [0, 0.05) is 23.2 Å². The van der Waals surface area contributed by atoms with E-state index in [0.29, 0.717) is 23.3 Å². The van der Waals surface area contributed by atoms with E-state index >= 15 is 0 Å². The molecule has 1 N–H and O–H groups in total. The zero-order valence-corrected chi connectivity index (χ0v) is 24.4. The van der Waals surface area contributed by atoms with Gasteiger partial charge in [0.25, 0.3) is 0 Å². The Morgan fingerprint density at radius 2 is 1.33 bits per heavy atom. The molecule has 0 bridgehead atoms. The lowest BCUT2D eigenvalue weighted by Crippen LogP contribution is -2.61. The third-order valence-corrected chi connectivity index (χ3v) is 8.56. The van der Waals surface area contributed by atoms with Crippen molar-refractivity contribution in [3.8, 4) is 0 Å². The molecule has 1 saturated heterocycles. The molecule has 36 heavy (non-hydrogen) atoms. The van der Waals surface area contributed by atoms with Gasteiger partial charge in [0.05, 0.1) is 0 Å². The third kappa shape index (κ3) is 7.43. The molecule has 0 saturated carbocycles. The maximum Gasteiger partial charge on any atom is 0.0294 e. The highest BCUT2D eigenvalue weighted by atomic mass is 16.5. The normalized spacial score (nSPS) is 21.2. The standard InChI is InChI=1S/C33H51N2O/c1-24(27-13-11-10-12-14-27)19-20-31(4,5)21-25(2)28-15-17-29(18-16-28)26(3)34-30-22-32(6,7)35(36)33(8,9)23-30/h10-18,24-26,30,34H,19-23H2,1-9H3/q-1. The summed E-state index contributed by atoms with van der Waals surface area (Å²) in [5.41, 5.74) is 3.82. The van der Waals surface area contributed by atoms with E-state index in [4.69, 9.17) is 0 Å². The van der Waals surface area contributed by atoms with Gasteiger partial charge in [-0.05, 0) is 101 Å². The van der Waals surface area contributed by atoms with E-state index < -0.39 is 0 Å². The highest BCUT2D eigenvalue weighted by Gasteiger charge is 2.40. The fraction of sp³-hybridized carbons (Fsp3) is 0.636. The van der Waals surface area contributed by atoms with Crippen molar-refractivity contribution >= 4 is 0 Å². The van der Waals surface area contributed by atoms with Gasteiger partial charge in [-0.25, -0.2) is 0 Å². The third-order valence-electron chi connectivity index (χ3n) is 8.56. The second kappa shape index (κ2) is 11.4. The second-order valence-corrected chi connectivity index (χ2v) is 13.7. The number of hydroxylamine groups is 2. The van der Waals surface area contributed by atoms with Gasteiger partial charge in [0.15, 0.2) is 0 Å². The molecule has 1 aliphatic heterocycles. The van der Waals surface area contributed by atoms with Crippen LogP contribution in [0.4, 0.5) is 0 Å².